The van der Waals surface area contributed by atoms with E-state index < -0.39 is 6.09 Å². The van der Waals surface area contributed by atoms with Crippen molar-refractivity contribution >= 4 is 12.0 Å². The molecule has 10 heteroatoms. The molecule has 10 nitrogen and oxygen atoms in total. The van der Waals surface area contributed by atoms with Crippen molar-refractivity contribution < 1.29 is 29.4 Å². The largest absolute Gasteiger partial charge is 0.492 e. The molecule has 2 aliphatic rings. The highest BCUT2D eigenvalue weighted by Gasteiger charge is 2.26. The van der Waals surface area contributed by atoms with Crippen molar-refractivity contribution in [3.05, 3.63) is 47.0 Å². The summed E-state index contributed by atoms with van der Waals surface area (Å²) >= 11 is 0. The third-order valence-corrected chi connectivity index (χ3v) is 5.78. The van der Waals surface area contributed by atoms with Crippen LogP contribution in [0.4, 0.5) is 4.79 Å². The van der Waals surface area contributed by atoms with Gasteiger partial charge in [0.15, 0.2) is 0 Å². The van der Waals surface area contributed by atoms with Crippen LogP contribution >= 0.6 is 0 Å². The number of amides is 2. The first-order valence-electron chi connectivity index (χ1n) is 10.7. The molecule has 0 unspecified atom stereocenters. The first kappa shape index (κ1) is 22.0. The number of piperazine rings is 1. The summed E-state index contributed by atoms with van der Waals surface area (Å²) in [6.45, 7) is 7.00. The second-order valence-electron chi connectivity index (χ2n) is 8.03. The van der Waals surface area contributed by atoms with Crippen molar-refractivity contribution in [1.29, 1.82) is 0 Å². The lowest BCUT2D eigenvalue weighted by Crippen LogP contribution is -2.50. The zero-order chi connectivity index (χ0) is 22.7. The van der Waals surface area contributed by atoms with E-state index in [0.29, 0.717) is 69.3 Å². The molecule has 32 heavy (non-hydrogen) atoms. The van der Waals surface area contributed by atoms with Crippen molar-refractivity contribution in [3.63, 3.8) is 0 Å². The van der Waals surface area contributed by atoms with E-state index in [1.807, 2.05) is 30.0 Å². The predicted octanol–water partition coefficient (Wildman–Crippen LogP) is 1.05. The quantitative estimate of drug-likeness (QED) is 0.726. The Morgan fingerprint density at radius 3 is 2.25 bits per heavy atom. The minimum atomic E-state index is -0.648. The molecule has 2 saturated heterocycles. The van der Waals surface area contributed by atoms with Crippen LogP contribution < -0.4 is 4.84 Å². The highest BCUT2D eigenvalue weighted by molar-refractivity contribution is 5.95. The van der Waals surface area contributed by atoms with E-state index in [1.165, 1.54) is 17.0 Å². The Balaban J connectivity index is 1.37. The minimum Gasteiger partial charge on any atom is -0.492 e. The summed E-state index contributed by atoms with van der Waals surface area (Å²) in [5.41, 5.74) is 2.77. The fraction of sp³-hybridized carbons (Fsp3) is 0.455. The monoisotopic (exact) mass is 444 g/mol. The van der Waals surface area contributed by atoms with E-state index in [9.17, 15) is 19.8 Å². The van der Waals surface area contributed by atoms with E-state index in [1.54, 1.807) is 0 Å². The summed E-state index contributed by atoms with van der Waals surface area (Å²) in [6.07, 6.45) is -0.648. The number of carbonyl (C=O) groups excluding carboxylic acids is 2. The molecule has 0 saturated carbocycles. The lowest BCUT2D eigenvalue weighted by atomic mass is 10.0. The van der Waals surface area contributed by atoms with E-state index in [4.69, 9.17) is 9.57 Å². The molecule has 1 aromatic heterocycles. The molecular weight excluding hydrogens is 416 g/mol. The molecule has 4 rings (SSSR count). The number of aryl methyl sites for hydroxylation is 1. The number of aromatic hydroxyl groups is 2. The average Bonchev–Trinajstić information content (AvgIpc) is 3.12. The van der Waals surface area contributed by atoms with Crippen LogP contribution in [0, 0.1) is 6.92 Å². The lowest BCUT2D eigenvalue weighted by Gasteiger charge is -2.34. The third-order valence-electron chi connectivity index (χ3n) is 5.78. The summed E-state index contributed by atoms with van der Waals surface area (Å²) in [5.74, 6) is -0.686. The summed E-state index contributed by atoms with van der Waals surface area (Å²) in [5, 5.41) is 19.3. The van der Waals surface area contributed by atoms with Gasteiger partial charge in [0.2, 0.25) is 11.8 Å². The molecule has 2 amide bonds. The van der Waals surface area contributed by atoms with Gasteiger partial charge in [0.25, 0.3) is 5.91 Å². The normalized spacial score (nSPS) is 17.4. The molecule has 172 valence electrons. The molecule has 2 aliphatic heterocycles. The number of hydrogen-bond acceptors (Lipinski definition) is 7. The minimum absolute atomic E-state index is 0.0249. The Morgan fingerprint density at radius 2 is 1.59 bits per heavy atom. The Bertz CT molecular complexity index is 957. The molecule has 0 aliphatic carbocycles. The maximum absolute atomic E-state index is 13.1. The summed E-state index contributed by atoms with van der Waals surface area (Å²) in [4.78, 5) is 36.1. The molecule has 0 radical (unpaired) electrons. The van der Waals surface area contributed by atoms with E-state index in [-0.39, 0.29) is 17.7 Å². The fourth-order valence-electron chi connectivity index (χ4n) is 3.96. The first-order valence-corrected chi connectivity index (χ1v) is 10.7. The molecular formula is C22H28N4O6. The zero-order valence-corrected chi connectivity index (χ0v) is 18.1. The number of aromatic nitrogens is 1. The number of carbonyl (C=O) groups is 2. The van der Waals surface area contributed by atoms with Crippen LogP contribution in [0.5, 0.6) is 11.8 Å². The van der Waals surface area contributed by atoms with Gasteiger partial charge in [-0.15, -0.1) is 4.73 Å². The van der Waals surface area contributed by atoms with Gasteiger partial charge in [-0.1, -0.05) is 17.7 Å². The SMILES string of the molecule is Cc1ccc(C(=O)N2CCOCC2)c(CN2CCN(C(=O)On3c(O)ccc3O)CC2)c1. The Hall–Kier alpha value is -3.24. The average molecular weight is 444 g/mol. The zero-order valence-electron chi connectivity index (χ0n) is 18.1. The van der Waals surface area contributed by atoms with Crippen molar-refractivity contribution in [1.82, 2.24) is 19.4 Å². The molecule has 3 heterocycles. The Kier molecular flexibility index (Phi) is 6.52. The number of hydrogen-bond donors (Lipinski definition) is 2. The number of rotatable bonds is 4. The summed E-state index contributed by atoms with van der Waals surface area (Å²) in [7, 11) is 0. The van der Waals surface area contributed by atoms with Gasteiger partial charge in [0.1, 0.15) is 0 Å². The highest BCUT2D eigenvalue weighted by atomic mass is 16.7. The number of nitrogens with zero attached hydrogens (tertiary/aromatic N) is 4. The Labute approximate surface area is 186 Å². The van der Waals surface area contributed by atoms with Crippen molar-refractivity contribution in [2.75, 3.05) is 52.5 Å². The van der Waals surface area contributed by atoms with E-state index in [2.05, 4.69) is 4.90 Å². The fourth-order valence-corrected chi connectivity index (χ4v) is 3.96. The third kappa shape index (κ3) is 4.81. The first-order chi connectivity index (χ1) is 15.4. The van der Waals surface area contributed by atoms with Crippen LogP contribution in [0.15, 0.2) is 30.3 Å². The molecule has 0 atom stereocenters. The summed E-state index contributed by atoms with van der Waals surface area (Å²) < 4.78 is 6.04. The predicted molar refractivity (Wildman–Crippen MR) is 114 cm³/mol. The van der Waals surface area contributed by atoms with Crippen molar-refractivity contribution in [2.24, 2.45) is 0 Å². The second kappa shape index (κ2) is 9.49. The second-order valence-corrected chi connectivity index (χ2v) is 8.03. The number of morpholine rings is 1. The maximum atomic E-state index is 13.1. The van der Waals surface area contributed by atoms with Crippen molar-refractivity contribution in [2.45, 2.75) is 13.5 Å². The molecule has 2 N–H and O–H groups in total. The van der Waals surface area contributed by atoms with Gasteiger partial charge in [-0.25, -0.2) is 4.79 Å². The number of ether oxygens (including phenoxy) is 1. The van der Waals surface area contributed by atoms with E-state index in [0.717, 1.165) is 11.1 Å². The molecule has 0 spiro atoms. The number of benzene rings is 1. The molecule has 0 bridgehead atoms. The maximum Gasteiger partial charge on any atom is 0.434 e. The highest BCUT2D eigenvalue weighted by Crippen LogP contribution is 2.20. The summed E-state index contributed by atoms with van der Waals surface area (Å²) in [6, 6.07) is 8.37. The van der Waals surface area contributed by atoms with Crippen LogP contribution in [-0.2, 0) is 11.3 Å². The van der Waals surface area contributed by atoms with Gasteiger partial charge in [-0.3, -0.25) is 9.69 Å². The molecule has 2 fully saturated rings. The molecule has 2 aromatic rings. The van der Waals surface area contributed by atoms with Gasteiger partial charge in [0, 0.05) is 63.5 Å². The van der Waals surface area contributed by atoms with Gasteiger partial charge in [-0.05, 0) is 18.6 Å². The Morgan fingerprint density at radius 1 is 0.938 bits per heavy atom. The van der Waals surface area contributed by atoms with Gasteiger partial charge < -0.3 is 29.6 Å². The van der Waals surface area contributed by atoms with Crippen LogP contribution in [0.2, 0.25) is 0 Å². The van der Waals surface area contributed by atoms with Gasteiger partial charge in [-0.2, -0.15) is 0 Å². The van der Waals surface area contributed by atoms with Gasteiger partial charge >= 0.3 is 6.09 Å². The van der Waals surface area contributed by atoms with Crippen molar-refractivity contribution in [3.8, 4) is 11.8 Å². The standard InChI is InChI=1S/C22H28N4O6/c1-16-2-3-18(21(29)24-10-12-31-13-11-24)17(14-16)15-23-6-8-25(9-7-23)22(30)32-26-19(27)4-5-20(26)28/h2-5,14,27-28H,6-13,15H2,1H3. The smallest absolute Gasteiger partial charge is 0.434 e. The molecule has 1 aromatic carbocycles. The van der Waals surface area contributed by atoms with Crippen LogP contribution in [0.1, 0.15) is 21.5 Å². The van der Waals surface area contributed by atoms with Crippen LogP contribution in [0.25, 0.3) is 0 Å². The van der Waals surface area contributed by atoms with E-state index >= 15 is 0 Å². The van der Waals surface area contributed by atoms with Crippen LogP contribution in [-0.4, -0.2) is 94.1 Å². The van der Waals surface area contributed by atoms with Gasteiger partial charge in [0.05, 0.1) is 13.2 Å². The van der Waals surface area contributed by atoms with Crippen LogP contribution in [0.3, 0.4) is 0 Å². The lowest BCUT2D eigenvalue weighted by molar-refractivity contribution is 0.0301. The topological polar surface area (TPSA) is 108 Å².